The van der Waals surface area contributed by atoms with Crippen molar-refractivity contribution in [3.63, 3.8) is 0 Å². The number of hydrogen-bond acceptors (Lipinski definition) is 0. The fourth-order valence-electron chi connectivity index (χ4n) is 0.862. The molecule has 0 atom stereocenters. The van der Waals surface area contributed by atoms with Gasteiger partial charge in [-0.3, -0.25) is 0 Å². The van der Waals surface area contributed by atoms with Crippen molar-refractivity contribution in [2.24, 2.45) is 0 Å². The third-order valence-electron chi connectivity index (χ3n) is 1.42. The Balaban J connectivity index is 2.39. The predicted molar refractivity (Wildman–Crippen MR) is 39.6 cm³/mol. The Morgan fingerprint density at radius 3 is 2.82 bits per heavy atom. The number of rotatable bonds is 3. The maximum Gasteiger partial charge on any atom is 0.239 e. The standard InChI is InChI=1S/C9H9F2/c10-9(11)7-6-8-4-2-1-3-5-8/h1-2,4-5,9H,6-7H2. The minimum absolute atomic E-state index is 0.0577. The zero-order valence-corrected chi connectivity index (χ0v) is 6.06. The Labute approximate surface area is 64.9 Å². The van der Waals surface area contributed by atoms with Gasteiger partial charge in [-0.2, -0.15) is 0 Å². The average Bonchev–Trinajstić information content (AvgIpc) is 2.03. The van der Waals surface area contributed by atoms with Gasteiger partial charge < -0.3 is 0 Å². The minimum atomic E-state index is -2.20. The average molecular weight is 155 g/mol. The highest BCUT2D eigenvalue weighted by Gasteiger charge is 2.01. The molecular formula is C9H9F2. The molecule has 0 saturated heterocycles. The highest BCUT2D eigenvalue weighted by Crippen LogP contribution is 2.06. The zero-order valence-electron chi connectivity index (χ0n) is 6.06. The van der Waals surface area contributed by atoms with Crippen LogP contribution in [0.25, 0.3) is 0 Å². The number of benzene rings is 1. The Kier molecular flexibility index (Phi) is 3.02. The van der Waals surface area contributed by atoms with Crippen LogP contribution < -0.4 is 0 Å². The normalized spacial score (nSPS) is 10.5. The third kappa shape index (κ3) is 3.12. The molecule has 0 heterocycles. The molecule has 1 radical (unpaired) electrons. The molecule has 2 heteroatoms. The molecule has 0 aliphatic rings. The van der Waals surface area contributed by atoms with Crippen LogP contribution in [0.1, 0.15) is 12.0 Å². The summed E-state index contributed by atoms with van der Waals surface area (Å²) in [4.78, 5) is 0. The van der Waals surface area contributed by atoms with Gasteiger partial charge >= 0.3 is 0 Å². The van der Waals surface area contributed by atoms with Gasteiger partial charge in [0.25, 0.3) is 0 Å². The molecule has 59 valence electrons. The van der Waals surface area contributed by atoms with Gasteiger partial charge in [0.15, 0.2) is 0 Å². The lowest BCUT2D eigenvalue weighted by Crippen LogP contribution is -1.93. The molecule has 0 aliphatic heterocycles. The monoisotopic (exact) mass is 155 g/mol. The highest BCUT2D eigenvalue weighted by molar-refractivity contribution is 5.13. The van der Waals surface area contributed by atoms with Crippen molar-refractivity contribution < 1.29 is 8.78 Å². The van der Waals surface area contributed by atoms with Crippen molar-refractivity contribution in [3.8, 4) is 0 Å². The molecule has 0 amide bonds. The van der Waals surface area contributed by atoms with Crippen LogP contribution in [0.15, 0.2) is 24.3 Å². The lowest BCUT2D eigenvalue weighted by atomic mass is 10.1. The SMILES string of the molecule is FC(F)CCc1c[c]ccc1. The van der Waals surface area contributed by atoms with Gasteiger partial charge in [-0.25, -0.2) is 8.78 Å². The van der Waals surface area contributed by atoms with Crippen LogP contribution in [0.4, 0.5) is 8.78 Å². The van der Waals surface area contributed by atoms with E-state index in [1.165, 1.54) is 0 Å². The Hall–Kier alpha value is -0.920. The first kappa shape index (κ1) is 8.18. The zero-order chi connectivity index (χ0) is 8.10. The van der Waals surface area contributed by atoms with Crippen LogP contribution >= 0.6 is 0 Å². The molecule has 0 nitrogen and oxygen atoms in total. The summed E-state index contributed by atoms with van der Waals surface area (Å²) in [6, 6.07) is 9.97. The molecule has 0 aromatic heterocycles. The second kappa shape index (κ2) is 4.06. The van der Waals surface area contributed by atoms with E-state index < -0.39 is 6.43 Å². The van der Waals surface area contributed by atoms with E-state index in [1.807, 2.05) is 6.07 Å². The minimum Gasteiger partial charge on any atom is -0.211 e. The summed E-state index contributed by atoms with van der Waals surface area (Å²) in [7, 11) is 0. The van der Waals surface area contributed by atoms with Crippen molar-refractivity contribution >= 4 is 0 Å². The van der Waals surface area contributed by atoms with E-state index in [-0.39, 0.29) is 6.42 Å². The molecule has 1 aromatic carbocycles. The number of halogens is 2. The molecule has 0 bridgehead atoms. The molecule has 0 N–H and O–H groups in total. The molecule has 0 spiro atoms. The Morgan fingerprint density at radius 2 is 2.27 bits per heavy atom. The summed E-state index contributed by atoms with van der Waals surface area (Å²) in [5.74, 6) is 0. The summed E-state index contributed by atoms with van der Waals surface area (Å²) in [6.45, 7) is 0. The van der Waals surface area contributed by atoms with Crippen molar-refractivity contribution in [1.29, 1.82) is 0 Å². The summed E-state index contributed by atoms with van der Waals surface area (Å²) in [6.07, 6.45) is -1.82. The fraction of sp³-hybridized carbons (Fsp3) is 0.333. The van der Waals surface area contributed by atoms with Crippen LogP contribution in [-0.4, -0.2) is 6.43 Å². The second-order valence-corrected chi connectivity index (χ2v) is 2.34. The van der Waals surface area contributed by atoms with Crippen LogP contribution in [-0.2, 0) is 6.42 Å². The highest BCUT2D eigenvalue weighted by atomic mass is 19.3. The van der Waals surface area contributed by atoms with Crippen molar-refractivity contribution in [2.45, 2.75) is 19.3 Å². The van der Waals surface area contributed by atoms with Crippen LogP contribution in [0.5, 0.6) is 0 Å². The molecule has 1 rings (SSSR count). The maximum atomic E-state index is 11.7. The predicted octanol–water partition coefficient (Wildman–Crippen LogP) is 2.68. The topological polar surface area (TPSA) is 0 Å². The van der Waals surface area contributed by atoms with Crippen molar-refractivity contribution in [3.05, 3.63) is 35.9 Å². The van der Waals surface area contributed by atoms with Crippen LogP contribution in [0.3, 0.4) is 0 Å². The number of aryl methyl sites for hydroxylation is 1. The van der Waals surface area contributed by atoms with Crippen molar-refractivity contribution in [2.75, 3.05) is 0 Å². The summed E-state index contributed by atoms with van der Waals surface area (Å²) >= 11 is 0. The molecule has 0 unspecified atom stereocenters. The summed E-state index contributed by atoms with van der Waals surface area (Å²) in [5.41, 5.74) is 0.924. The molecule has 11 heavy (non-hydrogen) atoms. The largest absolute Gasteiger partial charge is 0.239 e. The van der Waals surface area contributed by atoms with E-state index in [4.69, 9.17) is 0 Å². The van der Waals surface area contributed by atoms with E-state index in [9.17, 15) is 8.78 Å². The summed E-state index contributed by atoms with van der Waals surface area (Å²) in [5, 5.41) is 0. The van der Waals surface area contributed by atoms with E-state index in [0.717, 1.165) is 5.56 Å². The maximum absolute atomic E-state index is 11.7. The number of alkyl halides is 2. The van der Waals surface area contributed by atoms with Gasteiger partial charge in [0.05, 0.1) is 0 Å². The second-order valence-electron chi connectivity index (χ2n) is 2.34. The summed E-state index contributed by atoms with van der Waals surface area (Å²) < 4.78 is 23.4. The smallest absolute Gasteiger partial charge is 0.211 e. The lowest BCUT2D eigenvalue weighted by Gasteiger charge is -1.98. The first-order valence-corrected chi connectivity index (χ1v) is 3.52. The molecule has 0 aliphatic carbocycles. The van der Waals surface area contributed by atoms with Gasteiger partial charge in [-0.1, -0.05) is 24.3 Å². The van der Waals surface area contributed by atoms with Crippen molar-refractivity contribution in [1.82, 2.24) is 0 Å². The third-order valence-corrected chi connectivity index (χ3v) is 1.42. The van der Waals surface area contributed by atoms with E-state index in [0.29, 0.717) is 6.42 Å². The first-order valence-electron chi connectivity index (χ1n) is 3.52. The molecule has 0 fully saturated rings. The van der Waals surface area contributed by atoms with E-state index in [1.54, 1.807) is 18.2 Å². The molecular weight excluding hydrogens is 146 g/mol. The first-order chi connectivity index (χ1) is 5.29. The Bertz CT molecular complexity index is 194. The fourth-order valence-corrected chi connectivity index (χ4v) is 0.862. The Morgan fingerprint density at radius 1 is 1.45 bits per heavy atom. The van der Waals surface area contributed by atoms with Crippen LogP contribution in [0.2, 0.25) is 0 Å². The van der Waals surface area contributed by atoms with E-state index >= 15 is 0 Å². The number of hydrogen-bond donors (Lipinski definition) is 0. The van der Waals surface area contributed by atoms with Gasteiger partial charge in [-0.05, 0) is 18.1 Å². The lowest BCUT2D eigenvalue weighted by molar-refractivity contribution is 0.138. The quantitative estimate of drug-likeness (QED) is 0.629. The van der Waals surface area contributed by atoms with Gasteiger partial charge in [0.1, 0.15) is 0 Å². The molecule has 1 aromatic rings. The van der Waals surface area contributed by atoms with Gasteiger partial charge in [0, 0.05) is 6.42 Å². The molecule has 0 saturated carbocycles. The van der Waals surface area contributed by atoms with Gasteiger partial charge in [-0.15, -0.1) is 0 Å². The van der Waals surface area contributed by atoms with E-state index in [2.05, 4.69) is 6.07 Å². The van der Waals surface area contributed by atoms with Gasteiger partial charge in [0.2, 0.25) is 6.43 Å². The van der Waals surface area contributed by atoms with Crippen LogP contribution in [0, 0.1) is 6.07 Å².